The van der Waals surface area contributed by atoms with E-state index >= 15 is 0 Å². The first-order chi connectivity index (χ1) is 14.3. The van der Waals surface area contributed by atoms with Crippen LogP contribution >= 0.6 is 0 Å². The van der Waals surface area contributed by atoms with Gasteiger partial charge in [-0.1, -0.05) is 30.3 Å². The number of rotatable bonds is 5. The number of anilines is 1. The molecular formula is C22H24N2O6. The van der Waals surface area contributed by atoms with Crippen molar-refractivity contribution in [1.29, 1.82) is 0 Å². The SMILES string of the molecule is O=C(Nc1ccc2ccccc2c1)C1(CO)C[C@@]2(CO)C[C@@](CO)(C1)C(=O)NC2=O. The molecule has 2 aromatic carbocycles. The van der Waals surface area contributed by atoms with Crippen molar-refractivity contribution in [3.8, 4) is 0 Å². The van der Waals surface area contributed by atoms with E-state index in [0.717, 1.165) is 10.8 Å². The van der Waals surface area contributed by atoms with Crippen LogP contribution in [-0.4, -0.2) is 52.9 Å². The van der Waals surface area contributed by atoms with Gasteiger partial charge < -0.3 is 20.6 Å². The first-order valence-corrected chi connectivity index (χ1v) is 9.81. The van der Waals surface area contributed by atoms with E-state index in [9.17, 15) is 29.7 Å². The predicted octanol–water partition coefficient (Wildman–Crippen LogP) is 0.555. The number of carbonyl (C=O) groups excluding carboxylic acids is 3. The zero-order chi connectivity index (χ0) is 21.6. The number of benzene rings is 2. The molecule has 2 aromatic rings. The van der Waals surface area contributed by atoms with E-state index in [2.05, 4.69) is 10.6 Å². The van der Waals surface area contributed by atoms with Gasteiger partial charge in [0.15, 0.2) is 0 Å². The third kappa shape index (κ3) is 2.99. The number of hydrogen-bond acceptors (Lipinski definition) is 6. The van der Waals surface area contributed by atoms with Gasteiger partial charge in [-0.05, 0) is 42.2 Å². The summed E-state index contributed by atoms with van der Waals surface area (Å²) in [5, 5.41) is 37.2. The zero-order valence-corrected chi connectivity index (χ0v) is 16.4. The molecule has 158 valence electrons. The van der Waals surface area contributed by atoms with Crippen molar-refractivity contribution in [2.75, 3.05) is 25.1 Å². The molecule has 0 radical (unpaired) electrons. The standard InChI is InChI=1S/C22H24N2O6/c25-11-20(17(28)23-16-6-5-14-3-1-2-4-15(14)7-16)8-21(12-26)10-22(9-20,13-27)19(30)24-18(21)29/h1-7,25-27H,8-13H2,(H,23,28)(H,24,29,30)/t20?,21-,22+. The van der Waals surface area contributed by atoms with Crippen LogP contribution in [0.25, 0.3) is 10.8 Å². The molecule has 1 aliphatic heterocycles. The van der Waals surface area contributed by atoms with Gasteiger partial charge in [0.1, 0.15) is 0 Å². The van der Waals surface area contributed by atoms with Gasteiger partial charge in [-0.25, -0.2) is 0 Å². The lowest BCUT2D eigenvalue weighted by atomic mass is 9.50. The molecular weight excluding hydrogens is 388 g/mol. The molecule has 3 atom stereocenters. The molecule has 2 aliphatic rings. The van der Waals surface area contributed by atoms with Gasteiger partial charge in [-0.15, -0.1) is 0 Å². The number of fused-ring (bicyclic) bond motifs is 3. The largest absolute Gasteiger partial charge is 0.395 e. The van der Waals surface area contributed by atoms with Crippen LogP contribution in [0.4, 0.5) is 5.69 Å². The average Bonchev–Trinajstić information content (AvgIpc) is 2.77. The lowest BCUT2D eigenvalue weighted by Crippen LogP contribution is -2.68. The molecule has 1 aliphatic carbocycles. The van der Waals surface area contributed by atoms with Crippen molar-refractivity contribution in [2.45, 2.75) is 19.3 Å². The van der Waals surface area contributed by atoms with E-state index in [1.54, 1.807) is 12.1 Å². The Hall–Kier alpha value is -2.81. The maximum absolute atomic E-state index is 13.3. The minimum atomic E-state index is -1.51. The first kappa shape index (κ1) is 20.5. The van der Waals surface area contributed by atoms with Gasteiger partial charge in [-0.3, -0.25) is 19.7 Å². The molecule has 1 saturated carbocycles. The minimum Gasteiger partial charge on any atom is -0.395 e. The van der Waals surface area contributed by atoms with Crippen LogP contribution in [0.3, 0.4) is 0 Å². The van der Waals surface area contributed by atoms with Crippen molar-refractivity contribution in [3.05, 3.63) is 42.5 Å². The van der Waals surface area contributed by atoms with E-state index in [1.807, 2.05) is 30.3 Å². The second kappa shape index (κ2) is 7.16. The molecule has 4 rings (SSSR count). The summed E-state index contributed by atoms with van der Waals surface area (Å²) in [6.07, 6.45) is -0.330. The Morgan fingerprint density at radius 2 is 1.47 bits per heavy atom. The molecule has 0 spiro atoms. The molecule has 3 amide bonds. The second-order valence-electron chi connectivity index (χ2n) is 8.64. The highest BCUT2D eigenvalue weighted by Crippen LogP contribution is 2.57. The highest BCUT2D eigenvalue weighted by molar-refractivity contribution is 6.06. The van der Waals surface area contributed by atoms with Crippen LogP contribution in [-0.2, 0) is 14.4 Å². The molecule has 8 heteroatoms. The summed E-state index contributed by atoms with van der Waals surface area (Å²) >= 11 is 0. The number of aliphatic hydroxyl groups is 3. The normalized spacial score (nSPS) is 30.8. The Bertz CT molecular complexity index is 1010. The van der Waals surface area contributed by atoms with Crippen molar-refractivity contribution in [2.24, 2.45) is 16.2 Å². The minimum absolute atomic E-state index is 0.0668. The lowest BCUT2D eigenvalue weighted by molar-refractivity contribution is -0.177. The molecule has 30 heavy (non-hydrogen) atoms. The van der Waals surface area contributed by atoms with Crippen LogP contribution in [0.5, 0.6) is 0 Å². The fourth-order valence-corrected chi connectivity index (χ4v) is 5.06. The zero-order valence-electron chi connectivity index (χ0n) is 16.4. The molecule has 1 unspecified atom stereocenters. The summed E-state index contributed by atoms with van der Waals surface area (Å²) in [5.74, 6) is -1.93. The third-order valence-electron chi connectivity index (χ3n) is 6.62. The number of piperidine rings is 1. The van der Waals surface area contributed by atoms with Crippen molar-refractivity contribution >= 4 is 34.2 Å². The Morgan fingerprint density at radius 1 is 0.867 bits per heavy atom. The Labute approximate surface area is 172 Å². The van der Waals surface area contributed by atoms with E-state index in [1.165, 1.54) is 0 Å². The van der Waals surface area contributed by atoms with Crippen LogP contribution in [0.15, 0.2) is 42.5 Å². The Morgan fingerprint density at radius 3 is 2.03 bits per heavy atom. The summed E-state index contributed by atoms with van der Waals surface area (Å²) < 4.78 is 0. The summed E-state index contributed by atoms with van der Waals surface area (Å²) in [7, 11) is 0. The summed E-state index contributed by atoms with van der Waals surface area (Å²) in [4.78, 5) is 38.5. The molecule has 5 N–H and O–H groups in total. The summed E-state index contributed by atoms with van der Waals surface area (Å²) in [6.45, 7) is -1.83. The topological polar surface area (TPSA) is 136 Å². The molecule has 1 heterocycles. The fourth-order valence-electron chi connectivity index (χ4n) is 5.06. The van der Waals surface area contributed by atoms with E-state index in [4.69, 9.17) is 0 Å². The molecule has 1 saturated heterocycles. The Balaban J connectivity index is 1.71. The number of imide groups is 1. The van der Waals surface area contributed by atoms with Gasteiger partial charge in [0.25, 0.3) is 0 Å². The van der Waals surface area contributed by atoms with Crippen LogP contribution < -0.4 is 10.6 Å². The van der Waals surface area contributed by atoms with E-state index < -0.39 is 53.8 Å². The van der Waals surface area contributed by atoms with Gasteiger partial charge in [0.2, 0.25) is 17.7 Å². The molecule has 8 nitrogen and oxygen atoms in total. The number of hydrogen-bond donors (Lipinski definition) is 5. The van der Waals surface area contributed by atoms with Crippen molar-refractivity contribution < 1.29 is 29.7 Å². The van der Waals surface area contributed by atoms with Crippen molar-refractivity contribution in [1.82, 2.24) is 5.32 Å². The maximum atomic E-state index is 13.3. The van der Waals surface area contributed by atoms with Gasteiger partial charge in [0, 0.05) is 5.69 Å². The quantitative estimate of drug-likeness (QED) is 0.455. The maximum Gasteiger partial charge on any atom is 0.235 e. The predicted molar refractivity (Wildman–Crippen MR) is 108 cm³/mol. The third-order valence-corrected chi connectivity index (χ3v) is 6.62. The average molecular weight is 412 g/mol. The smallest absolute Gasteiger partial charge is 0.235 e. The number of amides is 3. The van der Waals surface area contributed by atoms with Gasteiger partial charge >= 0.3 is 0 Å². The lowest BCUT2D eigenvalue weighted by Gasteiger charge is -2.54. The summed E-state index contributed by atoms with van der Waals surface area (Å²) in [5.41, 5.74) is -3.87. The van der Waals surface area contributed by atoms with Gasteiger partial charge in [-0.2, -0.15) is 0 Å². The van der Waals surface area contributed by atoms with E-state index in [-0.39, 0.29) is 19.3 Å². The summed E-state index contributed by atoms with van der Waals surface area (Å²) in [6, 6.07) is 13.0. The van der Waals surface area contributed by atoms with Gasteiger partial charge in [0.05, 0.1) is 36.1 Å². The molecule has 2 bridgehead atoms. The fraction of sp³-hybridized carbons (Fsp3) is 0.409. The molecule has 2 fully saturated rings. The first-order valence-electron chi connectivity index (χ1n) is 9.81. The van der Waals surface area contributed by atoms with Crippen LogP contribution in [0.2, 0.25) is 0 Å². The van der Waals surface area contributed by atoms with E-state index in [0.29, 0.717) is 5.69 Å². The highest BCUT2D eigenvalue weighted by Gasteiger charge is 2.65. The Kier molecular flexibility index (Phi) is 4.88. The highest BCUT2D eigenvalue weighted by atomic mass is 16.3. The number of aliphatic hydroxyl groups excluding tert-OH is 3. The number of nitrogens with one attached hydrogen (secondary N) is 2. The van der Waals surface area contributed by atoms with Crippen molar-refractivity contribution in [3.63, 3.8) is 0 Å². The molecule has 0 aromatic heterocycles. The number of carbonyl (C=O) groups is 3. The monoisotopic (exact) mass is 412 g/mol. The van der Waals surface area contributed by atoms with Crippen LogP contribution in [0, 0.1) is 16.2 Å². The van der Waals surface area contributed by atoms with Crippen LogP contribution in [0.1, 0.15) is 19.3 Å². The second-order valence-corrected chi connectivity index (χ2v) is 8.64.